The summed E-state index contributed by atoms with van der Waals surface area (Å²) >= 11 is 0. The van der Waals surface area contributed by atoms with Crippen LogP contribution in [-0.2, 0) is 16.1 Å². The molecule has 0 aliphatic carbocycles. The zero-order valence-corrected chi connectivity index (χ0v) is 17.0. The van der Waals surface area contributed by atoms with Crippen LogP contribution in [0.4, 0.5) is 11.4 Å². The second-order valence-corrected chi connectivity index (χ2v) is 6.41. The van der Waals surface area contributed by atoms with Crippen LogP contribution in [0.25, 0.3) is 0 Å². The topological polar surface area (TPSA) is 67.6 Å². The maximum absolute atomic E-state index is 12.5. The number of halogens is 2. The van der Waals surface area contributed by atoms with Gasteiger partial charge >= 0.3 is 0 Å². The van der Waals surface area contributed by atoms with Gasteiger partial charge in [-0.2, -0.15) is 0 Å². The molecule has 1 aliphatic heterocycles. The molecule has 1 heterocycles. The number of amides is 1. The lowest BCUT2D eigenvalue weighted by Crippen LogP contribution is -2.30. The number of carbonyl (C=O) groups is 1. The van der Waals surface area contributed by atoms with Crippen LogP contribution < -0.4 is 16.0 Å². The summed E-state index contributed by atoms with van der Waals surface area (Å²) in [6, 6.07) is 18.1. The molecule has 3 N–H and O–H groups in total. The molecule has 0 radical (unpaired) electrons. The van der Waals surface area contributed by atoms with Gasteiger partial charge in [0.15, 0.2) is 0 Å². The summed E-state index contributed by atoms with van der Waals surface area (Å²) in [4.78, 5) is 14.6. The molecule has 1 fully saturated rings. The molecular formula is C20H27Cl2N3O2. The van der Waals surface area contributed by atoms with Crippen LogP contribution in [0.3, 0.4) is 0 Å². The highest BCUT2D eigenvalue weighted by Gasteiger charge is 2.30. The van der Waals surface area contributed by atoms with E-state index in [1.54, 1.807) is 0 Å². The minimum absolute atomic E-state index is 0. The number of hydrogen-bond acceptors (Lipinski definition) is 4. The summed E-state index contributed by atoms with van der Waals surface area (Å²) in [5.41, 5.74) is 8.62. The molecule has 2 atom stereocenters. The van der Waals surface area contributed by atoms with E-state index < -0.39 is 6.10 Å². The fraction of sp³-hybridized carbons (Fsp3) is 0.350. The Morgan fingerprint density at radius 3 is 2.44 bits per heavy atom. The van der Waals surface area contributed by atoms with E-state index in [9.17, 15) is 4.79 Å². The van der Waals surface area contributed by atoms with Crippen LogP contribution in [-0.4, -0.2) is 31.7 Å². The first-order valence-electron chi connectivity index (χ1n) is 8.68. The van der Waals surface area contributed by atoms with Crippen molar-refractivity contribution in [3.05, 3.63) is 60.2 Å². The van der Waals surface area contributed by atoms with E-state index >= 15 is 0 Å². The summed E-state index contributed by atoms with van der Waals surface area (Å²) in [5, 5.41) is 3.02. The van der Waals surface area contributed by atoms with E-state index in [2.05, 4.69) is 22.3 Å². The third kappa shape index (κ3) is 6.11. The van der Waals surface area contributed by atoms with Crippen LogP contribution in [0.15, 0.2) is 54.6 Å². The predicted molar refractivity (Wildman–Crippen MR) is 115 cm³/mol. The molecule has 2 aromatic carbocycles. The second-order valence-electron chi connectivity index (χ2n) is 6.41. The number of nitrogens with two attached hydrogens (primary N) is 1. The van der Waals surface area contributed by atoms with Crippen molar-refractivity contribution in [3.63, 3.8) is 0 Å². The molecule has 0 saturated carbocycles. The summed E-state index contributed by atoms with van der Waals surface area (Å²) < 4.78 is 5.69. The lowest BCUT2D eigenvalue weighted by Gasteiger charge is -2.23. The van der Waals surface area contributed by atoms with Crippen molar-refractivity contribution in [1.82, 2.24) is 0 Å². The number of anilines is 2. The summed E-state index contributed by atoms with van der Waals surface area (Å²) in [7, 11) is 2.02. The number of para-hydroxylation sites is 2. The van der Waals surface area contributed by atoms with Crippen molar-refractivity contribution in [2.24, 2.45) is 5.73 Å². The fourth-order valence-corrected chi connectivity index (χ4v) is 3.14. The Labute approximate surface area is 173 Å². The van der Waals surface area contributed by atoms with Gasteiger partial charge in [0.25, 0.3) is 5.91 Å². The monoisotopic (exact) mass is 411 g/mol. The third-order valence-corrected chi connectivity index (χ3v) is 4.50. The molecule has 0 unspecified atom stereocenters. The second kappa shape index (κ2) is 11.1. The standard InChI is InChI=1S/C20H25N3O2.2ClH/c1-23(14-15-7-3-2-4-8-15)18-10-6-5-9-17(18)22-20(24)19-12-11-16(13-21)25-19;;/h2-10,16,19H,11-14,21H2,1H3,(H,22,24);2*1H/t16-,19+;;/m1../s1. The molecule has 0 bridgehead atoms. The predicted octanol–water partition coefficient (Wildman–Crippen LogP) is 3.61. The van der Waals surface area contributed by atoms with Crippen molar-refractivity contribution in [2.45, 2.75) is 31.6 Å². The van der Waals surface area contributed by atoms with Crippen LogP contribution >= 0.6 is 24.8 Å². The van der Waals surface area contributed by atoms with Gasteiger partial charge in [0.1, 0.15) is 6.10 Å². The van der Waals surface area contributed by atoms with E-state index in [0.717, 1.165) is 30.8 Å². The van der Waals surface area contributed by atoms with Crippen molar-refractivity contribution in [2.75, 3.05) is 23.8 Å². The van der Waals surface area contributed by atoms with Crippen LogP contribution in [0, 0.1) is 0 Å². The van der Waals surface area contributed by atoms with Gasteiger partial charge in [-0.1, -0.05) is 42.5 Å². The van der Waals surface area contributed by atoms with Crippen molar-refractivity contribution in [3.8, 4) is 0 Å². The average Bonchev–Trinajstić information content (AvgIpc) is 3.12. The zero-order chi connectivity index (χ0) is 17.6. The first kappa shape index (κ1) is 23.2. The van der Waals surface area contributed by atoms with E-state index in [-0.39, 0.29) is 36.8 Å². The van der Waals surface area contributed by atoms with Gasteiger partial charge in [0.05, 0.1) is 17.5 Å². The van der Waals surface area contributed by atoms with Gasteiger partial charge < -0.3 is 20.7 Å². The Balaban J connectivity index is 0.00000182. The minimum Gasteiger partial charge on any atom is -0.369 e. The lowest BCUT2D eigenvalue weighted by molar-refractivity contribution is -0.126. The van der Waals surface area contributed by atoms with E-state index in [4.69, 9.17) is 10.5 Å². The maximum Gasteiger partial charge on any atom is 0.253 e. The van der Waals surface area contributed by atoms with Gasteiger partial charge in [-0.3, -0.25) is 4.79 Å². The van der Waals surface area contributed by atoms with Crippen molar-refractivity contribution in [1.29, 1.82) is 0 Å². The highest BCUT2D eigenvalue weighted by Crippen LogP contribution is 2.27. The van der Waals surface area contributed by atoms with Crippen molar-refractivity contribution < 1.29 is 9.53 Å². The molecule has 1 saturated heterocycles. The number of hydrogen-bond donors (Lipinski definition) is 2. The molecule has 1 aliphatic rings. The number of rotatable bonds is 6. The maximum atomic E-state index is 12.5. The van der Waals surface area contributed by atoms with E-state index in [0.29, 0.717) is 6.54 Å². The molecule has 0 aromatic heterocycles. The summed E-state index contributed by atoms with van der Waals surface area (Å²) in [6.07, 6.45) is 1.13. The van der Waals surface area contributed by atoms with E-state index in [1.165, 1.54) is 5.56 Å². The Morgan fingerprint density at radius 2 is 1.78 bits per heavy atom. The number of nitrogens with one attached hydrogen (secondary N) is 1. The Bertz CT molecular complexity index is 715. The Kier molecular flexibility index (Phi) is 9.60. The molecule has 7 heteroatoms. The van der Waals surface area contributed by atoms with Gasteiger partial charge in [0, 0.05) is 20.1 Å². The SMILES string of the molecule is CN(Cc1ccccc1)c1ccccc1NC(=O)[C@@H]1CC[C@H](CN)O1.Cl.Cl. The molecule has 0 spiro atoms. The lowest BCUT2D eigenvalue weighted by atomic mass is 10.1. The first-order chi connectivity index (χ1) is 12.2. The molecule has 2 aromatic rings. The zero-order valence-electron chi connectivity index (χ0n) is 15.3. The smallest absolute Gasteiger partial charge is 0.253 e. The van der Waals surface area contributed by atoms with Gasteiger partial charge in [0.2, 0.25) is 0 Å². The van der Waals surface area contributed by atoms with Gasteiger partial charge in [-0.05, 0) is 30.5 Å². The van der Waals surface area contributed by atoms with Gasteiger partial charge in [-0.25, -0.2) is 0 Å². The number of carbonyl (C=O) groups excluding carboxylic acids is 1. The van der Waals surface area contributed by atoms with Crippen molar-refractivity contribution >= 4 is 42.1 Å². The van der Waals surface area contributed by atoms with Crippen LogP contribution in [0.5, 0.6) is 0 Å². The molecular weight excluding hydrogens is 385 g/mol. The molecule has 148 valence electrons. The minimum atomic E-state index is -0.416. The highest BCUT2D eigenvalue weighted by molar-refractivity contribution is 5.97. The first-order valence-corrected chi connectivity index (χ1v) is 8.68. The Morgan fingerprint density at radius 1 is 1.11 bits per heavy atom. The summed E-state index contributed by atoms with van der Waals surface area (Å²) in [5.74, 6) is -0.100. The summed E-state index contributed by atoms with van der Waals surface area (Å²) in [6.45, 7) is 1.23. The van der Waals surface area contributed by atoms with E-state index in [1.807, 2.05) is 49.5 Å². The normalized spacial score (nSPS) is 18.1. The van der Waals surface area contributed by atoms with Gasteiger partial charge in [-0.15, -0.1) is 24.8 Å². The number of benzene rings is 2. The molecule has 3 rings (SSSR count). The quantitative estimate of drug-likeness (QED) is 0.761. The highest BCUT2D eigenvalue weighted by atomic mass is 35.5. The number of ether oxygens (including phenoxy) is 1. The van der Waals surface area contributed by atoms with Crippen LogP contribution in [0.1, 0.15) is 18.4 Å². The number of nitrogens with zero attached hydrogens (tertiary/aromatic N) is 1. The van der Waals surface area contributed by atoms with Crippen LogP contribution in [0.2, 0.25) is 0 Å². The fourth-order valence-electron chi connectivity index (χ4n) is 3.14. The largest absolute Gasteiger partial charge is 0.369 e. The Hall–Kier alpha value is -1.79. The molecule has 27 heavy (non-hydrogen) atoms. The molecule has 5 nitrogen and oxygen atoms in total. The third-order valence-electron chi connectivity index (χ3n) is 4.50. The average molecular weight is 412 g/mol. The molecule has 1 amide bonds.